The van der Waals surface area contributed by atoms with Crippen molar-refractivity contribution in [1.82, 2.24) is 0 Å². The van der Waals surface area contributed by atoms with Crippen LogP contribution in [-0.4, -0.2) is 27.0 Å². The Hall–Kier alpha value is -2.61. The molecule has 0 atom stereocenters. The fourth-order valence-electron chi connectivity index (χ4n) is 2.25. The molecule has 0 aliphatic rings. The third-order valence-electron chi connectivity index (χ3n) is 3.27. The Morgan fingerprint density at radius 1 is 1.13 bits per heavy atom. The Morgan fingerprint density at radius 2 is 1.74 bits per heavy atom. The van der Waals surface area contributed by atoms with Gasteiger partial charge in [-0.2, -0.15) is 0 Å². The zero-order valence-electron chi connectivity index (χ0n) is 12.7. The maximum absolute atomic E-state index is 12.9. The fraction of sp³-hybridized carbons (Fsp3) is 0.200. The summed E-state index contributed by atoms with van der Waals surface area (Å²) in [5.41, 5.74) is -0.128. The number of nitrogens with zero attached hydrogens (tertiary/aromatic N) is 2. The first kappa shape index (κ1) is 16.8. The number of methoxy groups -OCH3 is 1. The molecule has 122 valence electrons. The lowest BCUT2D eigenvalue weighted by Crippen LogP contribution is -2.31. The molecule has 0 N–H and O–H groups in total. The van der Waals surface area contributed by atoms with Crippen molar-refractivity contribution in [2.24, 2.45) is 0 Å². The van der Waals surface area contributed by atoms with Crippen LogP contribution in [-0.2, 0) is 10.0 Å². The highest BCUT2D eigenvalue weighted by molar-refractivity contribution is 7.93. The van der Waals surface area contributed by atoms with Crippen LogP contribution in [0.25, 0.3) is 0 Å². The summed E-state index contributed by atoms with van der Waals surface area (Å²) in [6.07, 6.45) is 0. The monoisotopic (exact) mass is 336 g/mol. The van der Waals surface area contributed by atoms with Gasteiger partial charge in [-0.1, -0.05) is 24.3 Å². The summed E-state index contributed by atoms with van der Waals surface area (Å²) in [4.78, 5) is 10.1. The molecule has 0 bridgehead atoms. The molecule has 0 spiro atoms. The summed E-state index contributed by atoms with van der Waals surface area (Å²) in [5.74, 6) is 0.372. The lowest BCUT2D eigenvalue weighted by molar-refractivity contribution is -0.387. The molecule has 0 amide bonds. The molecule has 0 unspecified atom stereocenters. The molecule has 8 heteroatoms. The number of nitro groups is 1. The lowest BCUT2D eigenvalue weighted by atomic mass is 10.3. The van der Waals surface area contributed by atoms with Gasteiger partial charge in [0.1, 0.15) is 5.75 Å². The van der Waals surface area contributed by atoms with Crippen molar-refractivity contribution < 1.29 is 18.1 Å². The molecule has 0 radical (unpaired) electrons. The van der Waals surface area contributed by atoms with Gasteiger partial charge in [0.25, 0.3) is 15.7 Å². The van der Waals surface area contributed by atoms with Crippen molar-refractivity contribution >= 4 is 21.4 Å². The van der Waals surface area contributed by atoms with Gasteiger partial charge in [-0.25, -0.2) is 8.42 Å². The maximum atomic E-state index is 12.9. The number of hydrogen-bond donors (Lipinski definition) is 0. The van der Waals surface area contributed by atoms with Crippen molar-refractivity contribution in [2.45, 2.75) is 11.8 Å². The number of ether oxygens (including phenoxy) is 1. The van der Waals surface area contributed by atoms with Gasteiger partial charge in [-0.15, -0.1) is 0 Å². The van der Waals surface area contributed by atoms with E-state index < -0.39 is 20.6 Å². The van der Waals surface area contributed by atoms with Crippen LogP contribution < -0.4 is 9.04 Å². The highest BCUT2D eigenvalue weighted by atomic mass is 32.2. The first-order valence-electron chi connectivity index (χ1n) is 6.82. The Balaban J connectivity index is 2.64. The van der Waals surface area contributed by atoms with Gasteiger partial charge < -0.3 is 4.74 Å². The van der Waals surface area contributed by atoms with E-state index in [2.05, 4.69) is 0 Å². The minimum absolute atomic E-state index is 0.106. The molecule has 7 nitrogen and oxygen atoms in total. The van der Waals surface area contributed by atoms with E-state index in [1.54, 1.807) is 31.2 Å². The van der Waals surface area contributed by atoms with Crippen molar-refractivity contribution in [3.05, 3.63) is 58.6 Å². The van der Waals surface area contributed by atoms with E-state index in [1.807, 2.05) is 0 Å². The summed E-state index contributed by atoms with van der Waals surface area (Å²) in [6.45, 7) is 1.76. The fourth-order valence-corrected chi connectivity index (χ4v) is 3.89. The van der Waals surface area contributed by atoms with Gasteiger partial charge >= 0.3 is 0 Å². The third-order valence-corrected chi connectivity index (χ3v) is 5.21. The van der Waals surface area contributed by atoms with Gasteiger partial charge in [0.15, 0.2) is 4.90 Å². The Morgan fingerprint density at radius 3 is 2.35 bits per heavy atom. The predicted octanol–water partition coefficient (Wildman–Crippen LogP) is 2.82. The summed E-state index contributed by atoms with van der Waals surface area (Å²) in [6, 6.07) is 11.9. The van der Waals surface area contributed by atoms with Crippen molar-refractivity contribution in [3.63, 3.8) is 0 Å². The zero-order valence-corrected chi connectivity index (χ0v) is 13.5. The van der Waals surface area contributed by atoms with Gasteiger partial charge in [0, 0.05) is 12.6 Å². The van der Waals surface area contributed by atoms with Crippen LogP contribution in [0.1, 0.15) is 6.92 Å². The Bertz CT molecular complexity index is 820. The summed E-state index contributed by atoms with van der Waals surface area (Å²) < 4.78 is 32.1. The van der Waals surface area contributed by atoms with E-state index in [9.17, 15) is 18.5 Å². The molecule has 0 aromatic heterocycles. The molecule has 0 saturated carbocycles. The van der Waals surface area contributed by atoms with Crippen molar-refractivity contribution in [3.8, 4) is 5.75 Å². The van der Waals surface area contributed by atoms with Crippen LogP contribution in [0.15, 0.2) is 53.4 Å². The summed E-state index contributed by atoms with van der Waals surface area (Å²) in [5, 5.41) is 11.1. The number of benzene rings is 2. The summed E-state index contributed by atoms with van der Waals surface area (Å²) in [7, 11) is -2.67. The van der Waals surface area contributed by atoms with E-state index in [0.717, 1.165) is 4.31 Å². The SMILES string of the molecule is CCN(c1ccccc1OC)S(=O)(=O)c1ccccc1[N+](=O)[O-]. The zero-order chi connectivity index (χ0) is 17.0. The summed E-state index contributed by atoms with van der Waals surface area (Å²) >= 11 is 0. The minimum Gasteiger partial charge on any atom is -0.495 e. The topological polar surface area (TPSA) is 89.8 Å². The van der Waals surface area contributed by atoms with Crippen LogP contribution in [0.5, 0.6) is 5.75 Å². The van der Waals surface area contributed by atoms with Gasteiger partial charge in [-0.05, 0) is 25.1 Å². The quantitative estimate of drug-likeness (QED) is 0.597. The number of anilines is 1. The van der Waals surface area contributed by atoms with E-state index in [4.69, 9.17) is 4.74 Å². The first-order valence-corrected chi connectivity index (χ1v) is 8.26. The molecule has 2 aromatic rings. The van der Waals surface area contributed by atoms with E-state index in [0.29, 0.717) is 11.4 Å². The smallest absolute Gasteiger partial charge is 0.289 e. The standard InChI is InChI=1S/C15H16N2O5S/c1-3-16(12-8-4-6-10-14(12)22-2)23(20,21)15-11-7-5-9-13(15)17(18)19/h4-11H,3H2,1-2H3. The molecular formula is C15H16N2O5S. The molecular weight excluding hydrogens is 320 g/mol. The maximum Gasteiger partial charge on any atom is 0.289 e. The minimum atomic E-state index is -4.10. The van der Waals surface area contributed by atoms with Crippen molar-refractivity contribution in [1.29, 1.82) is 0 Å². The number of sulfonamides is 1. The number of para-hydroxylation sites is 3. The lowest BCUT2D eigenvalue weighted by Gasteiger charge is -2.24. The van der Waals surface area contributed by atoms with Gasteiger partial charge in [-0.3, -0.25) is 14.4 Å². The predicted molar refractivity (Wildman–Crippen MR) is 86.3 cm³/mol. The largest absolute Gasteiger partial charge is 0.495 e. The second-order valence-corrected chi connectivity index (χ2v) is 6.40. The normalized spacial score (nSPS) is 11.0. The van der Waals surface area contributed by atoms with Gasteiger partial charge in [0.05, 0.1) is 17.7 Å². The van der Waals surface area contributed by atoms with Crippen LogP contribution in [0, 0.1) is 10.1 Å². The van der Waals surface area contributed by atoms with Crippen molar-refractivity contribution in [2.75, 3.05) is 18.0 Å². The van der Waals surface area contributed by atoms with Gasteiger partial charge in [0.2, 0.25) is 0 Å². The molecule has 0 fully saturated rings. The molecule has 2 rings (SSSR count). The molecule has 2 aromatic carbocycles. The van der Waals surface area contributed by atoms with Crippen LogP contribution in [0.4, 0.5) is 11.4 Å². The Kier molecular flexibility index (Phi) is 4.85. The number of rotatable bonds is 6. The number of nitro benzene ring substituents is 1. The van der Waals surface area contributed by atoms with Crippen LogP contribution >= 0.6 is 0 Å². The average molecular weight is 336 g/mol. The first-order chi connectivity index (χ1) is 10.9. The third kappa shape index (κ3) is 3.11. The second kappa shape index (κ2) is 6.66. The second-order valence-electron chi connectivity index (χ2n) is 4.57. The highest BCUT2D eigenvalue weighted by Gasteiger charge is 2.32. The molecule has 0 aliphatic carbocycles. The Labute approximate surface area is 134 Å². The van der Waals surface area contributed by atoms with E-state index in [1.165, 1.54) is 31.4 Å². The average Bonchev–Trinajstić information content (AvgIpc) is 2.55. The van der Waals surface area contributed by atoms with Crippen LogP contribution in [0.2, 0.25) is 0 Å². The highest BCUT2D eigenvalue weighted by Crippen LogP contribution is 2.34. The molecule has 0 aliphatic heterocycles. The number of hydrogen-bond acceptors (Lipinski definition) is 5. The molecule has 0 heterocycles. The molecule has 0 saturated heterocycles. The van der Waals surface area contributed by atoms with E-state index in [-0.39, 0.29) is 11.4 Å². The molecule has 23 heavy (non-hydrogen) atoms. The van der Waals surface area contributed by atoms with Crippen LogP contribution in [0.3, 0.4) is 0 Å². The van der Waals surface area contributed by atoms with E-state index >= 15 is 0 Å².